The van der Waals surface area contributed by atoms with Crippen LogP contribution in [0.1, 0.15) is 25.3 Å². The first-order chi connectivity index (χ1) is 12.8. The normalized spacial score (nSPS) is 21.7. The van der Waals surface area contributed by atoms with Gasteiger partial charge < -0.3 is 10.1 Å². The Morgan fingerprint density at radius 2 is 2.07 bits per heavy atom. The van der Waals surface area contributed by atoms with Crippen LogP contribution in [0.5, 0.6) is 0 Å². The quantitative estimate of drug-likeness (QED) is 0.415. The van der Waals surface area contributed by atoms with E-state index in [1.54, 1.807) is 13.0 Å². The lowest BCUT2D eigenvalue weighted by molar-refractivity contribution is -0.490. The van der Waals surface area contributed by atoms with Crippen molar-refractivity contribution < 1.29 is 28.4 Å². The van der Waals surface area contributed by atoms with Gasteiger partial charge in [0.15, 0.2) is 6.61 Å². The maximum Gasteiger partial charge on any atom is 0.307 e. The highest BCUT2D eigenvalue weighted by molar-refractivity contribution is 5.88. The number of halogens is 1. The van der Waals surface area contributed by atoms with Gasteiger partial charge in [-0.1, -0.05) is 25.1 Å². The second-order valence-corrected chi connectivity index (χ2v) is 6.67. The number of nitrogens with zero attached hydrogens (tertiary/aromatic N) is 1. The molecule has 146 valence electrons. The summed E-state index contributed by atoms with van der Waals surface area (Å²) < 4.78 is 18.3. The van der Waals surface area contributed by atoms with Gasteiger partial charge >= 0.3 is 5.97 Å². The standard InChI is InChI=1S/C18H21FN2O6/c1-11-6-16(22)13(14(11)9-21(25)26)7-18(24)27-10-17(23)20-8-12-4-2-3-5-15(12)19/h2-5,11,13-14H,6-10H2,1H3,(H,20,23)/t11-,13+,14-/m1/s1. The van der Waals surface area contributed by atoms with Crippen molar-refractivity contribution in [2.24, 2.45) is 17.8 Å². The highest BCUT2D eigenvalue weighted by Crippen LogP contribution is 2.36. The minimum absolute atomic E-state index is 0.0490. The number of nitrogens with one attached hydrogen (secondary N) is 1. The lowest BCUT2D eigenvalue weighted by Gasteiger charge is -2.17. The zero-order valence-electron chi connectivity index (χ0n) is 14.9. The summed E-state index contributed by atoms with van der Waals surface area (Å²) in [6.45, 7) is 0.748. The number of amides is 1. The van der Waals surface area contributed by atoms with Gasteiger partial charge in [0, 0.05) is 35.3 Å². The molecular formula is C18H21FN2O6. The van der Waals surface area contributed by atoms with Gasteiger partial charge in [0.1, 0.15) is 11.6 Å². The third-order valence-corrected chi connectivity index (χ3v) is 4.73. The van der Waals surface area contributed by atoms with Crippen molar-refractivity contribution in [2.75, 3.05) is 13.2 Å². The highest BCUT2D eigenvalue weighted by Gasteiger charge is 2.44. The summed E-state index contributed by atoms with van der Waals surface area (Å²) in [7, 11) is 0. The van der Waals surface area contributed by atoms with E-state index in [2.05, 4.69) is 5.32 Å². The van der Waals surface area contributed by atoms with Crippen molar-refractivity contribution in [1.82, 2.24) is 5.32 Å². The number of hydrogen-bond acceptors (Lipinski definition) is 6. The molecule has 0 spiro atoms. The second-order valence-electron chi connectivity index (χ2n) is 6.67. The predicted octanol–water partition coefficient (Wildman–Crippen LogP) is 1.49. The molecule has 0 unspecified atom stereocenters. The molecule has 0 radical (unpaired) electrons. The molecule has 1 saturated carbocycles. The summed E-state index contributed by atoms with van der Waals surface area (Å²) in [6, 6.07) is 5.94. The Labute approximate surface area is 155 Å². The van der Waals surface area contributed by atoms with Crippen molar-refractivity contribution >= 4 is 17.7 Å². The lowest BCUT2D eigenvalue weighted by atomic mass is 9.88. The number of rotatable bonds is 8. The van der Waals surface area contributed by atoms with E-state index in [9.17, 15) is 28.9 Å². The van der Waals surface area contributed by atoms with Crippen LogP contribution in [0.2, 0.25) is 0 Å². The van der Waals surface area contributed by atoms with Crippen LogP contribution >= 0.6 is 0 Å². The summed E-state index contributed by atoms with van der Waals surface area (Å²) >= 11 is 0. The third kappa shape index (κ3) is 5.83. The van der Waals surface area contributed by atoms with Crippen LogP contribution in [0, 0.1) is 33.7 Å². The Hall–Kier alpha value is -2.84. The molecule has 0 aliphatic heterocycles. The Morgan fingerprint density at radius 1 is 1.37 bits per heavy atom. The molecule has 0 saturated heterocycles. The Kier molecular flexibility index (Phi) is 6.98. The lowest BCUT2D eigenvalue weighted by Crippen LogP contribution is -2.31. The summed E-state index contributed by atoms with van der Waals surface area (Å²) in [5.74, 6) is -3.49. The fraction of sp³-hybridized carbons (Fsp3) is 0.500. The summed E-state index contributed by atoms with van der Waals surface area (Å²) in [6.07, 6.45) is -0.0954. The fourth-order valence-corrected chi connectivity index (χ4v) is 3.27. The average molecular weight is 380 g/mol. The van der Waals surface area contributed by atoms with Gasteiger partial charge in [0.25, 0.3) is 5.91 Å². The van der Waals surface area contributed by atoms with E-state index >= 15 is 0 Å². The molecule has 8 nitrogen and oxygen atoms in total. The van der Waals surface area contributed by atoms with Crippen LogP contribution < -0.4 is 5.32 Å². The largest absolute Gasteiger partial charge is 0.456 e. The first-order valence-electron chi connectivity index (χ1n) is 8.58. The van der Waals surface area contributed by atoms with Gasteiger partial charge in [0.2, 0.25) is 6.54 Å². The monoisotopic (exact) mass is 380 g/mol. The highest BCUT2D eigenvalue weighted by atomic mass is 19.1. The molecule has 1 N–H and O–H groups in total. The SMILES string of the molecule is C[C@@H]1CC(=O)[C@@H](CC(=O)OCC(=O)NCc2ccccc2F)[C@@H]1C[N+](=O)[O-]. The molecule has 1 fully saturated rings. The van der Waals surface area contributed by atoms with Gasteiger partial charge in [-0.25, -0.2) is 4.39 Å². The molecule has 1 aromatic rings. The molecule has 3 atom stereocenters. The molecule has 1 aliphatic carbocycles. The topological polar surface area (TPSA) is 116 Å². The molecule has 27 heavy (non-hydrogen) atoms. The summed E-state index contributed by atoms with van der Waals surface area (Å²) in [5, 5.41) is 13.2. The number of nitro groups is 1. The Balaban J connectivity index is 1.79. The molecule has 2 rings (SSSR count). The minimum atomic E-state index is -0.767. The van der Waals surface area contributed by atoms with Crippen molar-refractivity contribution in [3.8, 4) is 0 Å². The van der Waals surface area contributed by atoms with Crippen LogP contribution in [0.4, 0.5) is 4.39 Å². The van der Waals surface area contributed by atoms with Crippen molar-refractivity contribution in [1.29, 1.82) is 0 Å². The third-order valence-electron chi connectivity index (χ3n) is 4.73. The number of ether oxygens (including phenoxy) is 1. The zero-order chi connectivity index (χ0) is 20.0. The fourth-order valence-electron chi connectivity index (χ4n) is 3.27. The van der Waals surface area contributed by atoms with Crippen LogP contribution in [-0.2, 0) is 25.7 Å². The predicted molar refractivity (Wildman–Crippen MR) is 91.5 cm³/mol. The molecule has 1 amide bonds. The van der Waals surface area contributed by atoms with Gasteiger partial charge in [0.05, 0.1) is 6.42 Å². The number of esters is 1. The van der Waals surface area contributed by atoms with E-state index in [4.69, 9.17) is 4.74 Å². The van der Waals surface area contributed by atoms with Crippen molar-refractivity contribution in [3.05, 3.63) is 45.8 Å². The Bertz CT molecular complexity index is 738. The average Bonchev–Trinajstić information content (AvgIpc) is 2.85. The van der Waals surface area contributed by atoms with Crippen LogP contribution in [0.15, 0.2) is 24.3 Å². The molecule has 0 bridgehead atoms. The second kappa shape index (κ2) is 9.20. The van der Waals surface area contributed by atoms with Crippen LogP contribution in [0.3, 0.4) is 0 Å². The number of benzene rings is 1. The van der Waals surface area contributed by atoms with Gasteiger partial charge in [-0.3, -0.25) is 24.5 Å². The first-order valence-corrected chi connectivity index (χ1v) is 8.58. The maximum atomic E-state index is 13.5. The molecule has 0 aromatic heterocycles. The maximum absolute atomic E-state index is 13.5. The molecule has 9 heteroatoms. The minimum Gasteiger partial charge on any atom is -0.456 e. The number of hydrogen-bond donors (Lipinski definition) is 1. The molecule has 1 aliphatic rings. The smallest absolute Gasteiger partial charge is 0.307 e. The number of carbonyl (C=O) groups excluding carboxylic acids is 3. The number of carbonyl (C=O) groups is 3. The molecular weight excluding hydrogens is 359 g/mol. The van der Waals surface area contributed by atoms with Crippen LogP contribution in [-0.4, -0.2) is 35.7 Å². The van der Waals surface area contributed by atoms with Gasteiger partial charge in [-0.15, -0.1) is 0 Å². The zero-order valence-corrected chi connectivity index (χ0v) is 14.9. The molecule has 1 aromatic carbocycles. The number of Topliss-reactive ketones (excluding diaryl/α,β-unsaturated/α-hetero) is 1. The Morgan fingerprint density at radius 3 is 2.74 bits per heavy atom. The van der Waals surface area contributed by atoms with Crippen molar-refractivity contribution in [2.45, 2.75) is 26.3 Å². The molecule has 0 heterocycles. The van der Waals surface area contributed by atoms with E-state index in [0.717, 1.165) is 0 Å². The summed E-state index contributed by atoms with van der Waals surface area (Å²) in [4.78, 5) is 45.9. The van der Waals surface area contributed by atoms with E-state index in [0.29, 0.717) is 5.56 Å². The van der Waals surface area contributed by atoms with E-state index in [1.807, 2.05) is 0 Å². The number of ketones is 1. The van der Waals surface area contributed by atoms with E-state index in [-0.39, 0.29) is 37.6 Å². The van der Waals surface area contributed by atoms with Crippen molar-refractivity contribution in [3.63, 3.8) is 0 Å². The van der Waals surface area contributed by atoms with E-state index < -0.39 is 41.1 Å². The van der Waals surface area contributed by atoms with E-state index in [1.165, 1.54) is 18.2 Å². The first kappa shape index (κ1) is 20.5. The van der Waals surface area contributed by atoms with Gasteiger partial charge in [-0.2, -0.15) is 0 Å². The van der Waals surface area contributed by atoms with Gasteiger partial charge in [-0.05, 0) is 12.0 Å². The van der Waals surface area contributed by atoms with Crippen LogP contribution in [0.25, 0.3) is 0 Å². The summed E-state index contributed by atoms with van der Waals surface area (Å²) in [5.41, 5.74) is 0.297.